The van der Waals surface area contributed by atoms with Crippen LogP contribution in [0.2, 0.25) is 0 Å². The van der Waals surface area contributed by atoms with Gasteiger partial charge in [0.1, 0.15) is 0 Å². The van der Waals surface area contributed by atoms with Crippen LogP contribution in [0.15, 0.2) is 16.8 Å². The van der Waals surface area contributed by atoms with Gasteiger partial charge in [0.05, 0.1) is 6.54 Å². The largest absolute Gasteiger partial charge is 0.331 e. The van der Waals surface area contributed by atoms with Gasteiger partial charge < -0.3 is 4.90 Å². The Kier molecular flexibility index (Phi) is 2.35. The molecule has 1 rings (SSSR count). The molecule has 1 aromatic rings. The summed E-state index contributed by atoms with van der Waals surface area (Å²) in [6.45, 7) is 0.847. The van der Waals surface area contributed by atoms with Crippen molar-refractivity contribution in [3.8, 4) is 12.5 Å². The van der Waals surface area contributed by atoms with Gasteiger partial charge in [0, 0.05) is 13.1 Å². The van der Waals surface area contributed by atoms with Gasteiger partial charge in [-0.1, -0.05) is 6.42 Å². The number of hydrogen-bond acceptors (Lipinski definition) is 2. The van der Waals surface area contributed by atoms with Gasteiger partial charge >= 0.3 is 0 Å². The summed E-state index contributed by atoms with van der Waals surface area (Å²) in [5.41, 5.74) is 1.28. The van der Waals surface area contributed by atoms with Gasteiger partial charge in [-0.2, -0.15) is 11.3 Å². The van der Waals surface area contributed by atoms with Crippen molar-refractivity contribution in [1.82, 2.24) is 4.90 Å². The van der Waals surface area contributed by atoms with Crippen molar-refractivity contribution in [3.05, 3.63) is 22.4 Å². The van der Waals surface area contributed by atoms with E-state index in [0.717, 1.165) is 6.54 Å². The van der Waals surface area contributed by atoms with E-state index in [2.05, 4.69) is 22.9 Å². The summed E-state index contributed by atoms with van der Waals surface area (Å²) in [7, 11) is 1.90. The van der Waals surface area contributed by atoms with Crippen LogP contribution >= 0.6 is 11.3 Å². The number of nitrogens with zero attached hydrogens (tertiary/aromatic N) is 1. The predicted octanol–water partition coefficient (Wildman–Crippen LogP) is 1.77. The second kappa shape index (κ2) is 3.28. The van der Waals surface area contributed by atoms with Gasteiger partial charge in [0.15, 0.2) is 0 Å². The smallest absolute Gasteiger partial charge is 0.0515 e. The van der Waals surface area contributed by atoms with Gasteiger partial charge in [-0.05, 0) is 22.4 Å². The molecular weight excluding hydrogens is 142 g/mol. The van der Waals surface area contributed by atoms with Crippen LogP contribution in [0.1, 0.15) is 5.56 Å². The topological polar surface area (TPSA) is 3.24 Å². The van der Waals surface area contributed by atoms with E-state index in [4.69, 9.17) is 6.42 Å². The zero-order chi connectivity index (χ0) is 7.40. The van der Waals surface area contributed by atoms with Gasteiger partial charge in [-0.25, -0.2) is 0 Å². The van der Waals surface area contributed by atoms with E-state index in [1.807, 2.05) is 11.9 Å². The monoisotopic (exact) mass is 151 g/mol. The Hall–Kier alpha value is -0.940. The third kappa shape index (κ3) is 1.78. The SMILES string of the molecule is C#CN(C)Cc1ccsc1. The summed E-state index contributed by atoms with van der Waals surface area (Å²) in [4.78, 5) is 1.82. The molecule has 0 aliphatic carbocycles. The van der Waals surface area contributed by atoms with Crippen molar-refractivity contribution in [2.75, 3.05) is 7.05 Å². The summed E-state index contributed by atoms with van der Waals surface area (Å²) < 4.78 is 0. The molecule has 1 aromatic heterocycles. The minimum Gasteiger partial charge on any atom is -0.331 e. The summed E-state index contributed by atoms with van der Waals surface area (Å²) in [6.07, 6.45) is 5.17. The highest BCUT2D eigenvalue weighted by molar-refractivity contribution is 7.07. The van der Waals surface area contributed by atoms with Gasteiger partial charge in [0.2, 0.25) is 0 Å². The Bertz CT molecular complexity index is 220. The number of rotatable bonds is 2. The minimum absolute atomic E-state index is 0.847. The molecule has 10 heavy (non-hydrogen) atoms. The lowest BCUT2D eigenvalue weighted by molar-refractivity contribution is 0.479. The number of thiophene rings is 1. The van der Waals surface area contributed by atoms with E-state index in [1.54, 1.807) is 11.3 Å². The Morgan fingerprint density at radius 2 is 2.60 bits per heavy atom. The molecule has 0 radical (unpaired) electrons. The zero-order valence-corrected chi connectivity index (χ0v) is 6.69. The maximum absolute atomic E-state index is 5.17. The average Bonchev–Trinajstić information content (AvgIpc) is 2.40. The summed E-state index contributed by atoms with van der Waals surface area (Å²) in [6, 6.07) is 4.62. The first-order chi connectivity index (χ1) is 4.83. The molecular formula is C8H9NS. The standard InChI is InChI=1S/C8H9NS/c1-3-9(2)6-8-4-5-10-7-8/h1,4-5,7H,6H2,2H3. The van der Waals surface area contributed by atoms with Gasteiger partial charge in [0.25, 0.3) is 0 Å². The molecule has 1 nitrogen and oxygen atoms in total. The zero-order valence-electron chi connectivity index (χ0n) is 5.87. The van der Waals surface area contributed by atoms with Crippen LogP contribution in [-0.4, -0.2) is 11.9 Å². The maximum atomic E-state index is 5.17. The Balaban J connectivity index is 2.50. The molecule has 0 amide bonds. The van der Waals surface area contributed by atoms with Crippen LogP contribution < -0.4 is 0 Å². The highest BCUT2D eigenvalue weighted by Crippen LogP contribution is 2.07. The van der Waals surface area contributed by atoms with Crippen LogP contribution in [0.5, 0.6) is 0 Å². The normalized spacial score (nSPS) is 8.80. The maximum Gasteiger partial charge on any atom is 0.0515 e. The van der Waals surface area contributed by atoms with E-state index in [0.29, 0.717) is 0 Å². The van der Waals surface area contributed by atoms with Crippen LogP contribution in [0.4, 0.5) is 0 Å². The Labute approximate surface area is 65.3 Å². The molecule has 1 heterocycles. The second-order valence-corrected chi connectivity index (χ2v) is 2.90. The molecule has 0 fully saturated rings. The van der Waals surface area contributed by atoms with E-state index < -0.39 is 0 Å². The fourth-order valence-corrected chi connectivity index (χ4v) is 1.36. The van der Waals surface area contributed by atoms with Crippen molar-refractivity contribution < 1.29 is 0 Å². The molecule has 52 valence electrons. The molecule has 0 saturated carbocycles. The lowest BCUT2D eigenvalue weighted by Gasteiger charge is -2.07. The molecule has 0 bridgehead atoms. The fourth-order valence-electron chi connectivity index (χ4n) is 0.702. The lowest BCUT2D eigenvalue weighted by atomic mass is 10.3. The first kappa shape index (κ1) is 7.17. The third-order valence-electron chi connectivity index (χ3n) is 1.22. The molecule has 0 aliphatic rings. The number of terminal acetylenes is 1. The summed E-state index contributed by atoms with van der Waals surface area (Å²) in [5, 5.41) is 4.16. The summed E-state index contributed by atoms with van der Waals surface area (Å²) in [5.74, 6) is 0. The second-order valence-electron chi connectivity index (χ2n) is 2.12. The predicted molar refractivity (Wildman–Crippen MR) is 44.6 cm³/mol. The van der Waals surface area contributed by atoms with E-state index in [-0.39, 0.29) is 0 Å². The first-order valence-electron chi connectivity index (χ1n) is 3.01. The van der Waals surface area contributed by atoms with Crippen molar-refractivity contribution in [1.29, 1.82) is 0 Å². The van der Waals surface area contributed by atoms with E-state index >= 15 is 0 Å². The molecule has 0 aliphatic heterocycles. The van der Waals surface area contributed by atoms with Crippen molar-refractivity contribution in [3.63, 3.8) is 0 Å². The molecule has 0 unspecified atom stereocenters. The fraction of sp³-hybridized carbons (Fsp3) is 0.250. The van der Waals surface area contributed by atoms with Crippen LogP contribution in [0.3, 0.4) is 0 Å². The first-order valence-corrected chi connectivity index (χ1v) is 3.95. The van der Waals surface area contributed by atoms with Crippen molar-refractivity contribution in [2.45, 2.75) is 6.54 Å². The van der Waals surface area contributed by atoms with Crippen molar-refractivity contribution in [2.24, 2.45) is 0 Å². The highest BCUT2D eigenvalue weighted by atomic mass is 32.1. The quantitative estimate of drug-likeness (QED) is 0.460. The lowest BCUT2D eigenvalue weighted by Crippen LogP contribution is -2.08. The molecule has 0 N–H and O–H groups in total. The van der Waals surface area contributed by atoms with E-state index in [1.165, 1.54) is 5.56 Å². The average molecular weight is 151 g/mol. The minimum atomic E-state index is 0.847. The van der Waals surface area contributed by atoms with Gasteiger partial charge in [-0.3, -0.25) is 0 Å². The Morgan fingerprint density at radius 3 is 3.10 bits per heavy atom. The molecule has 0 atom stereocenters. The molecule has 0 aromatic carbocycles. The third-order valence-corrected chi connectivity index (χ3v) is 1.95. The number of hydrogen-bond donors (Lipinski definition) is 0. The van der Waals surface area contributed by atoms with Crippen LogP contribution in [-0.2, 0) is 6.54 Å². The van der Waals surface area contributed by atoms with Gasteiger partial charge in [-0.15, -0.1) is 0 Å². The van der Waals surface area contributed by atoms with E-state index in [9.17, 15) is 0 Å². The van der Waals surface area contributed by atoms with Crippen molar-refractivity contribution >= 4 is 11.3 Å². The van der Waals surface area contributed by atoms with Crippen LogP contribution in [0.25, 0.3) is 0 Å². The summed E-state index contributed by atoms with van der Waals surface area (Å²) >= 11 is 1.70. The Morgan fingerprint density at radius 1 is 1.80 bits per heavy atom. The molecule has 2 heteroatoms. The molecule has 0 spiro atoms. The molecule has 0 saturated heterocycles. The highest BCUT2D eigenvalue weighted by Gasteiger charge is 1.93. The van der Waals surface area contributed by atoms with Crippen LogP contribution in [0, 0.1) is 12.5 Å².